The zero-order chi connectivity index (χ0) is 22.8. The van der Waals surface area contributed by atoms with Crippen LogP contribution in [0.15, 0.2) is 47.4 Å². The lowest BCUT2D eigenvalue weighted by Crippen LogP contribution is -2.41. The van der Waals surface area contributed by atoms with Crippen molar-refractivity contribution < 1.29 is 22.7 Å². The molecule has 1 heterocycles. The highest BCUT2D eigenvalue weighted by molar-refractivity contribution is 7.89. The van der Waals surface area contributed by atoms with Gasteiger partial charge in [0.05, 0.1) is 10.8 Å². The van der Waals surface area contributed by atoms with Gasteiger partial charge < -0.3 is 4.74 Å². The Balaban J connectivity index is 1.60. The summed E-state index contributed by atoms with van der Waals surface area (Å²) in [7, 11) is -3.57. The summed E-state index contributed by atoms with van der Waals surface area (Å²) in [6.07, 6.45) is -0.150. The molecule has 1 saturated heterocycles. The molecule has 166 valence electrons. The Kier molecular flexibility index (Phi) is 6.96. The van der Waals surface area contributed by atoms with Crippen LogP contribution < -0.4 is 0 Å². The minimum absolute atomic E-state index is 0.224. The van der Waals surface area contributed by atoms with Crippen molar-refractivity contribution in [1.82, 2.24) is 4.31 Å². The van der Waals surface area contributed by atoms with E-state index in [-0.39, 0.29) is 23.8 Å². The minimum atomic E-state index is -3.57. The number of hydrogen-bond donors (Lipinski definition) is 0. The highest BCUT2D eigenvalue weighted by atomic mass is 32.2. The SMILES string of the molecule is Cc1cc(C)c(C(=O)C(C)OC(=O)C2CCN(S(=O)(=O)c3ccccc3)CC2)cc1C. The van der Waals surface area contributed by atoms with Crippen LogP contribution in [0.4, 0.5) is 0 Å². The van der Waals surface area contributed by atoms with Gasteiger partial charge in [0.15, 0.2) is 6.10 Å². The van der Waals surface area contributed by atoms with Crippen LogP contribution >= 0.6 is 0 Å². The number of rotatable bonds is 6. The van der Waals surface area contributed by atoms with Gasteiger partial charge in [-0.15, -0.1) is 0 Å². The largest absolute Gasteiger partial charge is 0.454 e. The van der Waals surface area contributed by atoms with E-state index >= 15 is 0 Å². The summed E-state index contributed by atoms with van der Waals surface area (Å²) in [5.74, 6) is -1.09. The fourth-order valence-corrected chi connectivity index (χ4v) is 5.33. The standard InChI is InChI=1S/C24H29NO5S/c1-16-14-18(3)22(15-17(16)2)23(26)19(4)30-24(27)20-10-12-25(13-11-20)31(28,29)21-8-6-5-7-9-21/h5-9,14-15,19-20H,10-13H2,1-4H3. The topological polar surface area (TPSA) is 80.8 Å². The van der Waals surface area contributed by atoms with Gasteiger partial charge in [0.1, 0.15) is 0 Å². The molecular weight excluding hydrogens is 414 g/mol. The first-order valence-corrected chi connectivity index (χ1v) is 11.9. The second-order valence-electron chi connectivity index (χ2n) is 8.19. The van der Waals surface area contributed by atoms with Gasteiger partial charge in [0.2, 0.25) is 15.8 Å². The number of carbonyl (C=O) groups is 2. The zero-order valence-electron chi connectivity index (χ0n) is 18.4. The fraction of sp³-hybridized carbons (Fsp3) is 0.417. The van der Waals surface area contributed by atoms with Crippen molar-refractivity contribution in [2.24, 2.45) is 5.92 Å². The van der Waals surface area contributed by atoms with Crippen molar-refractivity contribution in [3.05, 3.63) is 64.7 Å². The van der Waals surface area contributed by atoms with E-state index in [4.69, 9.17) is 4.74 Å². The normalized spacial score (nSPS) is 16.6. The number of aryl methyl sites for hydroxylation is 3. The number of esters is 1. The Hall–Kier alpha value is -2.51. The number of ether oxygens (including phenoxy) is 1. The molecule has 3 rings (SSSR count). The zero-order valence-corrected chi connectivity index (χ0v) is 19.2. The van der Waals surface area contributed by atoms with Crippen molar-refractivity contribution >= 4 is 21.8 Å². The molecule has 0 bridgehead atoms. The number of ketones is 1. The minimum Gasteiger partial charge on any atom is -0.454 e. The van der Waals surface area contributed by atoms with Gasteiger partial charge in [0, 0.05) is 18.7 Å². The Bertz CT molecular complexity index is 1070. The quantitative estimate of drug-likeness (QED) is 0.501. The number of hydrogen-bond acceptors (Lipinski definition) is 5. The van der Waals surface area contributed by atoms with Gasteiger partial charge in [-0.2, -0.15) is 4.31 Å². The highest BCUT2D eigenvalue weighted by Crippen LogP contribution is 2.25. The molecule has 7 heteroatoms. The predicted octanol–water partition coefficient (Wildman–Crippen LogP) is 3.83. The van der Waals surface area contributed by atoms with Crippen LogP contribution in [0.1, 0.15) is 46.8 Å². The molecule has 0 radical (unpaired) electrons. The molecule has 2 aromatic rings. The average Bonchev–Trinajstić information content (AvgIpc) is 2.76. The molecule has 0 saturated carbocycles. The fourth-order valence-electron chi connectivity index (χ4n) is 3.84. The Morgan fingerprint density at radius 1 is 0.968 bits per heavy atom. The highest BCUT2D eigenvalue weighted by Gasteiger charge is 2.34. The van der Waals surface area contributed by atoms with Crippen LogP contribution in [0.3, 0.4) is 0 Å². The number of carbonyl (C=O) groups excluding carboxylic acids is 2. The predicted molar refractivity (Wildman–Crippen MR) is 118 cm³/mol. The molecule has 0 spiro atoms. The first-order chi connectivity index (χ1) is 14.6. The molecule has 2 aromatic carbocycles. The molecule has 0 aromatic heterocycles. The van der Waals surface area contributed by atoms with E-state index < -0.39 is 28.0 Å². The van der Waals surface area contributed by atoms with Crippen LogP contribution in [0.5, 0.6) is 0 Å². The van der Waals surface area contributed by atoms with Crippen molar-refractivity contribution in [3.8, 4) is 0 Å². The van der Waals surface area contributed by atoms with Crippen molar-refractivity contribution in [2.45, 2.75) is 51.5 Å². The van der Waals surface area contributed by atoms with Crippen LogP contribution in [-0.2, 0) is 19.6 Å². The average molecular weight is 444 g/mol. The molecule has 1 atom stereocenters. The van der Waals surface area contributed by atoms with E-state index in [1.807, 2.05) is 32.9 Å². The van der Waals surface area contributed by atoms with Crippen LogP contribution in [0, 0.1) is 26.7 Å². The Labute approximate surface area is 184 Å². The smallest absolute Gasteiger partial charge is 0.309 e. The monoisotopic (exact) mass is 443 g/mol. The van der Waals surface area contributed by atoms with Gasteiger partial charge in [-0.3, -0.25) is 9.59 Å². The molecule has 0 N–H and O–H groups in total. The third kappa shape index (κ3) is 5.05. The molecule has 1 fully saturated rings. The molecule has 0 aliphatic carbocycles. The van der Waals surface area contributed by atoms with Gasteiger partial charge in [-0.1, -0.05) is 24.3 Å². The van der Waals surface area contributed by atoms with E-state index in [9.17, 15) is 18.0 Å². The van der Waals surface area contributed by atoms with Gasteiger partial charge in [-0.05, 0) is 75.4 Å². The lowest BCUT2D eigenvalue weighted by Gasteiger charge is -2.30. The summed E-state index contributed by atoms with van der Waals surface area (Å²) in [4.78, 5) is 25.7. The van der Waals surface area contributed by atoms with Gasteiger partial charge in [0.25, 0.3) is 0 Å². The summed E-state index contributed by atoms with van der Waals surface area (Å²) in [5.41, 5.74) is 3.54. The third-order valence-electron chi connectivity index (χ3n) is 5.94. The van der Waals surface area contributed by atoms with E-state index in [2.05, 4.69) is 0 Å². The summed E-state index contributed by atoms with van der Waals surface area (Å²) in [5, 5.41) is 0. The van der Waals surface area contributed by atoms with E-state index in [1.54, 1.807) is 37.3 Å². The molecular formula is C24H29NO5S. The van der Waals surface area contributed by atoms with Gasteiger partial charge >= 0.3 is 5.97 Å². The van der Waals surface area contributed by atoms with Gasteiger partial charge in [-0.25, -0.2) is 8.42 Å². The number of piperidine rings is 1. The van der Waals surface area contributed by atoms with Crippen molar-refractivity contribution in [1.29, 1.82) is 0 Å². The lowest BCUT2D eigenvalue weighted by atomic mass is 9.95. The molecule has 1 aliphatic heterocycles. The Morgan fingerprint density at radius 2 is 1.55 bits per heavy atom. The molecule has 0 amide bonds. The number of nitrogens with zero attached hydrogens (tertiary/aromatic N) is 1. The number of benzene rings is 2. The third-order valence-corrected chi connectivity index (χ3v) is 7.85. The molecule has 1 aliphatic rings. The summed E-state index contributed by atoms with van der Waals surface area (Å²) < 4.78 is 32.4. The Morgan fingerprint density at radius 3 is 2.16 bits per heavy atom. The van der Waals surface area contributed by atoms with Crippen LogP contribution in [0.25, 0.3) is 0 Å². The number of sulfonamides is 1. The molecule has 1 unspecified atom stereocenters. The van der Waals surface area contributed by atoms with Crippen molar-refractivity contribution in [2.75, 3.05) is 13.1 Å². The summed E-state index contributed by atoms with van der Waals surface area (Å²) in [6, 6.07) is 12.1. The van der Waals surface area contributed by atoms with E-state index in [1.165, 1.54) is 4.31 Å². The van der Waals surface area contributed by atoms with E-state index in [0.29, 0.717) is 18.4 Å². The van der Waals surface area contributed by atoms with E-state index in [0.717, 1.165) is 16.7 Å². The maximum absolute atomic E-state index is 12.8. The van der Waals surface area contributed by atoms with Crippen LogP contribution in [0.2, 0.25) is 0 Å². The molecule has 31 heavy (non-hydrogen) atoms. The molecule has 6 nitrogen and oxygen atoms in total. The second kappa shape index (κ2) is 9.32. The first-order valence-electron chi connectivity index (χ1n) is 10.5. The first kappa shape index (κ1) is 23.2. The summed E-state index contributed by atoms with van der Waals surface area (Å²) in [6.45, 7) is 7.88. The summed E-state index contributed by atoms with van der Waals surface area (Å²) >= 11 is 0. The lowest BCUT2D eigenvalue weighted by molar-refractivity contribution is -0.152. The second-order valence-corrected chi connectivity index (χ2v) is 10.1. The maximum Gasteiger partial charge on any atom is 0.309 e. The number of Topliss-reactive ketones (excluding diaryl/α,β-unsaturated/α-hetero) is 1. The van der Waals surface area contributed by atoms with Crippen molar-refractivity contribution in [3.63, 3.8) is 0 Å². The van der Waals surface area contributed by atoms with Crippen LogP contribution in [-0.4, -0.2) is 43.7 Å². The maximum atomic E-state index is 12.8.